The zero-order valence-electron chi connectivity index (χ0n) is 11.3. The fraction of sp³-hybridized carbons (Fsp3) is 0.235. The average molecular weight is 254 g/mol. The smallest absolute Gasteiger partial charge is 0.174 e. The van der Waals surface area contributed by atoms with Crippen molar-refractivity contribution >= 4 is 5.78 Å². The number of rotatable bonds is 5. The molecular formula is C17H18O2. The highest BCUT2D eigenvalue weighted by molar-refractivity contribution is 5.83. The van der Waals surface area contributed by atoms with Crippen molar-refractivity contribution in [2.45, 2.75) is 20.3 Å². The monoisotopic (exact) mass is 254 g/mol. The van der Waals surface area contributed by atoms with E-state index in [2.05, 4.69) is 0 Å². The van der Waals surface area contributed by atoms with Gasteiger partial charge in [0.1, 0.15) is 12.4 Å². The van der Waals surface area contributed by atoms with Crippen LogP contribution in [0.5, 0.6) is 5.75 Å². The Morgan fingerprint density at radius 1 is 0.947 bits per heavy atom. The van der Waals surface area contributed by atoms with Crippen LogP contribution >= 0.6 is 0 Å². The lowest BCUT2D eigenvalue weighted by atomic mass is 9.98. The standard InChI is InChI=1S/C17H18O2/c1-13-7-6-8-14(2)17(13)11-15(18)12-19-16-9-4-3-5-10-16/h3-10H,11-12H2,1-2H3. The third-order valence-corrected chi connectivity index (χ3v) is 3.16. The molecule has 2 heteroatoms. The van der Waals surface area contributed by atoms with Gasteiger partial charge in [0, 0.05) is 6.42 Å². The zero-order valence-corrected chi connectivity index (χ0v) is 11.3. The maximum absolute atomic E-state index is 12.0. The lowest BCUT2D eigenvalue weighted by Gasteiger charge is -2.09. The van der Waals surface area contributed by atoms with Crippen molar-refractivity contribution in [1.29, 1.82) is 0 Å². The zero-order chi connectivity index (χ0) is 13.7. The highest BCUT2D eigenvalue weighted by Gasteiger charge is 2.09. The normalized spacial score (nSPS) is 10.2. The van der Waals surface area contributed by atoms with Gasteiger partial charge in [-0.25, -0.2) is 0 Å². The second kappa shape index (κ2) is 6.19. The van der Waals surface area contributed by atoms with E-state index in [9.17, 15) is 4.79 Å². The first kappa shape index (κ1) is 13.3. The molecule has 0 saturated carbocycles. The molecule has 0 heterocycles. The Kier molecular flexibility index (Phi) is 4.35. The van der Waals surface area contributed by atoms with Crippen LogP contribution in [0.25, 0.3) is 0 Å². The summed E-state index contributed by atoms with van der Waals surface area (Å²) in [7, 11) is 0. The highest BCUT2D eigenvalue weighted by atomic mass is 16.5. The van der Waals surface area contributed by atoms with E-state index < -0.39 is 0 Å². The first-order valence-corrected chi connectivity index (χ1v) is 6.41. The maximum Gasteiger partial charge on any atom is 0.174 e. The Morgan fingerprint density at radius 2 is 1.58 bits per heavy atom. The Morgan fingerprint density at radius 3 is 2.21 bits per heavy atom. The summed E-state index contributed by atoms with van der Waals surface area (Å²) >= 11 is 0. The van der Waals surface area contributed by atoms with Crippen LogP contribution in [0.4, 0.5) is 0 Å². The average Bonchev–Trinajstić information content (AvgIpc) is 2.42. The molecule has 0 atom stereocenters. The first-order valence-electron chi connectivity index (χ1n) is 6.41. The molecule has 0 aliphatic carbocycles. The Bertz CT molecular complexity index is 538. The van der Waals surface area contributed by atoms with Gasteiger partial charge in [-0.05, 0) is 42.7 Å². The van der Waals surface area contributed by atoms with Crippen molar-refractivity contribution in [2.24, 2.45) is 0 Å². The minimum absolute atomic E-state index is 0.0984. The second-order valence-electron chi connectivity index (χ2n) is 4.69. The van der Waals surface area contributed by atoms with Crippen LogP contribution in [0.1, 0.15) is 16.7 Å². The summed E-state index contributed by atoms with van der Waals surface area (Å²) in [6.45, 7) is 4.19. The predicted molar refractivity (Wildman–Crippen MR) is 76.6 cm³/mol. The van der Waals surface area contributed by atoms with Crippen molar-refractivity contribution in [2.75, 3.05) is 6.61 Å². The molecule has 19 heavy (non-hydrogen) atoms. The Balaban J connectivity index is 1.95. The van der Waals surface area contributed by atoms with Gasteiger partial charge in [0.2, 0.25) is 0 Å². The Hall–Kier alpha value is -2.09. The third-order valence-electron chi connectivity index (χ3n) is 3.16. The number of hydrogen-bond acceptors (Lipinski definition) is 2. The maximum atomic E-state index is 12.0. The third kappa shape index (κ3) is 3.68. The predicted octanol–water partition coefficient (Wildman–Crippen LogP) is 3.49. The van der Waals surface area contributed by atoms with Gasteiger partial charge in [-0.1, -0.05) is 36.4 Å². The van der Waals surface area contributed by atoms with Crippen LogP contribution in [-0.2, 0) is 11.2 Å². The van der Waals surface area contributed by atoms with E-state index in [-0.39, 0.29) is 12.4 Å². The van der Waals surface area contributed by atoms with Gasteiger partial charge in [-0.15, -0.1) is 0 Å². The molecule has 0 bridgehead atoms. The number of benzene rings is 2. The number of carbonyl (C=O) groups excluding carboxylic acids is 1. The highest BCUT2D eigenvalue weighted by Crippen LogP contribution is 2.15. The molecule has 0 aliphatic heterocycles. The van der Waals surface area contributed by atoms with Crippen molar-refractivity contribution in [1.82, 2.24) is 0 Å². The van der Waals surface area contributed by atoms with Crippen LogP contribution in [0, 0.1) is 13.8 Å². The van der Waals surface area contributed by atoms with E-state index in [1.807, 2.05) is 62.4 Å². The van der Waals surface area contributed by atoms with Gasteiger partial charge in [0.25, 0.3) is 0 Å². The summed E-state index contributed by atoms with van der Waals surface area (Å²) in [5, 5.41) is 0. The van der Waals surface area contributed by atoms with E-state index >= 15 is 0 Å². The molecule has 2 rings (SSSR count). The van der Waals surface area contributed by atoms with E-state index in [0.717, 1.165) is 22.4 Å². The molecule has 0 aromatic heterocycles. The summed E-state index contributed by atoms with van der Waals surface area (Å²) in [4.78, 5) is 12.0. The molecule has 0 unspecified atom stereocenters. The van der Waals surface area contributed by atoms with Gasteiger partial charge < -0.3 is 4.74 Å². The van der Waals surface area contributed by atoms with E-state index in [0.29, 0.717) is 6.42 Å². The van der Waals surface area contributed by atoms with E-state index in [4.69, 9.17) is 4.74 Å². The van der Waals surface area contributed by atoms with Crippen molar-refractivity contribution in [3.05, 3.63) is 65.2 Å². The summed E-state index contributed by atoms with van der Waals surface area (Å²) < 4.78 is 5.47. The van der Waals surface area contributed by atoms with Crippen LogP contribution in [0.2, 0.25) is 0 Å². The molecule has 2 aromatic rings. The number of ketones is 1. The minimum Gasteiger partial charge on any atom is -0.486 e. The van der Waals surface area contributed by atoms with Crippen molar-refractivity contribution in [3.63, 3.8) is 0 Å². The molecule has 2 aromatic carbocycles. The van der Waals surface area contributed by atoms with Gasteiger partial charge in [0.05, 0.1) is 0 Å². The lowest BCUT2D eigenvalue weighted by molar-refractivity contribution is -0.120. The van der Waals surface area contributed by atoms with Crippen LogP contribution in [0.3, 0.4) is 0 Å². The number of ether oxygens (including phenoxy) is 1. The van der Waals surface area contributed by atoms with Gasteiger partial charge in [0.15, 0.2) is 5.78 Å². The summed E-state index contributed by atoms with van der Waals surface area (Å²) in [5.41, 5.74) is 3.44. The number of carbonyl (C=O) groups is 1. The van der Waals surface area contributed by atoms with Gasteiger partial charge in [-0.3, -0.25) is 4.79 Å². The number of para-hydroxylation sites is 1. The number of Topliss-reactive ketones (excluding diaryl/α,β-unsaturated/α-hetero) is 1. The number of hydrogen-bond donors (Lipinski definition) is 0. The Labute approximate surface area is 114 Å². The first-order chi connectivity index (χ1) is 9.16. The van der Waals surface area contributed by atoms with Gasteiger partial charge in [-0.2, -0.15) is 0 Å². The molecular weight excluding hydrogens is 236 g/mol. The SMILES string of the molecule is Cc1cccc(C)c1CC(=O)COc1ccccc1. The molecule has 0 aliphatic rings. The topological polar surface area (TPSA) is 26.3 Å². The van der Waals surface area contributed by atoms with Crippen LogP contribution in [0.15, 0.2) is 48.5 Å². The fourth-order valence-electron chi connectivity index (χ4n) is 2.06. The molecule has 0 N–H and O–H groups in total. The molecule has 0 fully saturated rings. The van der Waals surface area contributed by atoms with E-state index in [1.165, 1.54) is 0 Å². The fourth-order valence-corrected chi connectivity index (χ4v) is 2.06. The van der Waals surface area contributed by atoms with E-state index in [1.54, 1.807) is 0 Å². The summed E-state index contributed by atoms with van der Waals surface area (Å²) in [6.07, 6.45) is 0.436. The van der Waals surface area contributed by atoms with Gasteiger partial charge >= 0.3 is 0 Å². The molecule has 2 nitrogen and oxygen atoms in total. The minimum atomic E-state index is 0.0984. The largest absolute Gasteiger partial charge is 0.486 e. The number of aryl methyl sites for hydroxylation is 2. The van der Waals surface area contributed by atoms with Crippen LogP contribution < -0.4 is 4.74 Å². The molecule has 0 radical (unpaired) electrons. The molecule has 98 valence electrons. The molecule has 0 saturated heterocycles. The summed E-state index contributed by atoms with van der Waals surface area (Å²) in [6, 6.07) is 15.5. The van der Waals surface area contributed by atoms with Crippen molar-refractivity contribution in [3.8, 4) is 5.75 Å². The summed E-state index contributed by atoms with van der Waals surface area (Å²) in [5.74, 6) is 0.832. The second-order valence-corrected chi connectivity index (χ2v) is 4.69. The molecule has 0 spiro atoms. The lowest BCUT2D eigenvalue weighted by Crippen LogP contribution is -2.15. The quantitative estimate of drug-likeness (QED) is 0.816. The molecule has 0 amide bonds. The van der Waals surface area contributed by atoms with Crippen molar-refractivity contribution < 1.29 is 9.53 Å². The van der Waals surface area contributed by atoms with Crippen LogP contribution in [-0.4, -0.2) is 12.4 Å².